The molecule has 0 bridgehead atoms. The lowest BCUT2D eigenvalue weighted by Gasteiger charge is -2.23. The van der Waals surface area contributed by atoms with Crippen LogP contribution in [0.2, 0.25) is 0 Å². The Labute approximate surface area is 150 Å². The van der Waals surface area contributed by atoms with Crippen LogP contribution >= 0.6 is 0 Å². The number of hydrogen-bond donors (Lipinski definition) is 6. The smallest absolute Gasteiger partial charge is 0.322 e. The van der Waals surface area contributed by atoms with Crippen molar-refractivity contribution in [1.29, 1.82) is 0 Å². The second-order valence-electron chi connectivity index (χ2n) is 6.01. The molecule has 0 saturated heterocycles. The molecule has 144 valence electrons. The number of nitrogens with zero attached hydrogens (tertiary/aromatic N) is 1. The summed E-state index contributed by atoms with van der Waals surface area (Å²) >= 11 is 0. The number of carbonyl (C=O) groups is 4. The Morgan fingerprint density at radius 1 is 1.19 bits per heavy atom. The Hall–Kier alpha value is -2.95. The Morgan fingerprint density at radius 2 is 1.88 bits per heavy atom. The summed E-state index contributed by atoms with van der Waals surface area (Å²) in [7, 11) is 0. The van der Waals surface area contributed by atoms with Crippen molar-refractivity contribution in [2.24, 2.45) is 11.7 Å². The van der Waals surface area contributed by atoms with E-state index >= 15 is 0 Å². The molecule has 0 aliphatic heterocycles. The molecule has 1 heterocycles. The van der Waals surface area contributed by atoms with Crippen molar-refractivity contribution in [1.82, 2.24) is 25.9 Å². The molecule has 1 aromatic rings. The van der Waals surface area contributed by atoms with Gasteiger partial charge in [-0.05, 0) is 5.92 Å². The van der Waals surface area contributed by atoms with Crippen LogP contribution in [0, 0.1) is 5.92 Å². The van der Waals surface area contributed by atoms with Crippen molar-refractivity contribution in [3.05, 3.63) is 18.2 Å². The van der Waals surface area contributed by atoms with E-state index in [9.17, 15) is 19.2 Å². The van der Waals surface area contributed by atoms with Gasteiger partial charge in [0.15, 0.2) is 0 Å². The molecule has 0 fully saturated rings. The van der Waals surface area contributed by atoms with Gasteiger partial charge >= 0.3 is 5.97 Å². The quantitative estimate of drug-likeness (QED) is 0.269. The van der Waals surface area contributed by atoms with E-state index < -0.39 is 48.9 Å². The molecule has 1 rings (SSSR count). The van der Waals surface area contributed by atoms with Crippen molar-refractivity contribution in [3.63, 3.8) is 0 Å². The van der Waals surface area contributed by atoms with E-state index in [1.54, 1.807) is 20.0 Å². The number of hydrogen-bond acceptors (Lipinski definition) is 6. The minimum absolute atomic E-state index is 0.232. The number of aliphatic carboxylic acids is 1. The molecule has 11 heteroatoms. The highest BCUT2D eigenvalue weighted by atomic mass is 16.4. The monoisotopic (exact) mass is 368 g/mol. The number of H-pyrrole nitrogens is 1. The van der Waals surface area contributed by atoms with E-state index in [1.165, 1.54) is 6.33 Å². The van der Waals surface area contributed by atoms with Gasteiger partial charge in [0.1, 0.15) is 12.6 Å². The Bertz CT molecular complexity index is 630. The highest BCUT2D eigenvalue weighted by Crippen LogP contribution is 2.03. The van der Waals surface area contributed by atoms with Crippen LogP contribution in [0.4, 0.5) is 0 Å². The maximum atomic E-state index is 12.2. The molecule has 26 heavy (non-hydrogen) atoms. The summed E-state index contributed by atoms with van der Waals surface area (Å²) in [5.41, 5.74) is 6.52. The van der Waals surface area contributed by atoms with Gasteiger partial charge in [-0.3, -0.25) is 19.2 Å². The molecule has 0 aliphatic carbocycles. The number of imidazole rings is 1. The number of nitrogens with one attached hydrogen (secondary N) is 4. The lowest BCUT2D eigenvalue weighted by molar-refractivity contribution is -0.138. The second kappa shape index (κ2) is 10.1. The average molecular weight is 368 g/mol. The van der Waals surface area contributed by atoms with Crippen molar-refractivity contribution in [2.75, 3.05) is 13.1 Å². The minimum Gasteiger partial charge on any atom is -0.480 e. The SMILES string of the molecule is CC(C)C(NC(=O)C(N)Cc1cnc[nH]1)C(=O)NCC(=O)NCC(=O)O. The van der Waals surface area contributed by atoms with E-state index in [4.69, 9.17) is 10.8 Å². The summed E-state index contributed by atoms with van der Waals surface area (Å²) in [6.07, 6.45) is 3.26. The summed E-state index contributed by atoms with van der Waals surface area (Å²) in [6.45, 7) is 2.53. The van der Waals surface area contributed by atoms with Crippen molar-refractivity contribution in [3.8, 4) is 0 Å². The number of amides is 3. The maximum absolute atomic E-state index is 12.2. The molecular formula is C15H24N6O5. The highest BCUT2D eigenvalue weighted by Gasteiger charge is 2.27. The zero-order chi connectivity index (χ0) is 19.7. The van der Waals surface area contributed by atoms with Crippen LogP contribution in [0.15, 0.2) is 12.5 Å². The first-order chi connectivity index (χ1) is 12.2. The van der Waals surface area contributed by atoms with Gasteiger partial charge in [0.05, 0.1) is 18.9 Å². The lowest BCUT2D eigenvalue weighted by Crippen LogP contribution is -2.55. The Balaban J connectivity index is 2.53. The zero-order valence-corrected chi connectivity index (χ0v) is 14.6. The summed E-state index contributed by atoms with van der Waals surface area (Å²) in [4.78, 5) is 52.9. The summed E-state index contributed by atoms with van der Waals surface area (Å²) in [5, 5.41) is 15.5. The van der Waals surface area contributed by atoms with E-state index in [0.29, 0.717) is 5.69 Å². The molecule has 0 aliphatic rings. The van der Waals surface area contributed by atoms with Crippen LogP contribution < -0.4 is 21.7 Å². The fourth-order valence-electron chi connectivity index (χ4n) is 2.04. The number of rotatable bonds is 10. The van der Waals surface area contributed by atoms with E-state index in [-0.39, 0.29) is 12.3 Å². The van der Waals surface area contributed by atoms with E-state index in [2.05, 4.69) is 25.9 Å². The van der Waals surface area contributed by atoms with Gasteiger partial charge in [-0.25, -0.2) is 4.98 Å². The van der Waals surface area contributed by atoms with Crippen molar-refractivity contribution < 1.29 is 24.3 Å². The minimum atomic E-state index is -1.19. The molecule has 7 N–H and O–H groups in total. The van der Waals surface area contributed by atoms with Gasteiger partial charge in [0.2, 0.25) is 17.7 Å². The third kappa shape index (κ3) is 7.30. The van der Waals surface area contributed by atoms with Crippen LogP contribution in [-0.4, -0.2) is 63.9 Å². The largest absolute Gasteiger partial charge is 0.480 e. The Kier molecular flexibility index (Phi) is 8.22. The molecule has 11 nitrogen and oxygen atoms in total. The third-order valence-corrected chi connectivity index (χ3v) is 3.44. The van der Waals surface area contributed by atoms with Gasteiger partial charge in [-0.1, -0.05) is 13.8 Å². The maximum Gasteiger partial charge on any atom is 0.322 e. The third-order valence-electron chi connectivity index (χ3n) is 3.44. The number of aromatic nitrogens is 2. The van der Waals surface area contributed by atoms with Gasteiger partial charge in [-0.2, -0.15) is 0 Å². The predicted octanol–water partition coefficient (Wildman–Crippen LogP) is -2.26. The normalized spacial score (nSPS) is 12.9. The topological polar surface area (TPSA) is 179 Å². The highest BCUT2D eigenvalue weighted by molar-refractivity contribution is 5.92. The van der Waals surface area contributed by atoms with E-state index in [1.807, 2.05) is 0 Å². The van der Waals surface area contributed by atoms with Gasteiger partial charge < -0.3 is 31.8 Å². The van der Waals surface area contributed by atoms with Crippen molar-refractivity contribution in [2.45, 2.75) is 32.4 Å². The van der Waals surface area contributed by atoms with Crippen LogP contribution in [0.25, 0.3) is 0 Å². The summed E-state index contributed by atoms with van der Waals surface area (Å²) in [5.74, 6) is -3.16. The van der Waals surface area contributed by atoms with Crippen molar-refractivity contribution >= 4 is 23.7 Å². The summed E-state index contributed by atoms with van der Waals surface area (Å²) < 4.78 is 0. The van der Waals surface area contributed by atoms with Crippen LogP contribution in [0.3, 0.4) is 0 Å². The fourth-order valence-corrected chi connectivity index (χ4v) is 2.04. The average Bonchev–Trinajstić information content (AvgIpc) is 3.07. The molecule has 0 saturated carbocycles. The molecular weight excluding hydrogens is 344 g/mol. The number of nitrogens with two attached hydrogens (primary N) is 1. The standard InChI is InChI=1S/C15H24N6O5/c1-8(2)13(15(26)19-5-11(22)18-6-12(23)24)21-14(25)10(16)3-9-4-17-7-20-9/h4,7-8,10,13H,3,5-6,16H2,1-2H3,(H,17,20)(H,18,22)(H,19,26)(H,21,25)(H,23,24). The molecule has 3 amide bonds. The first kappa shape index (κ1) is 21.1. The number of carboxylic acids is 1. The van der Waals surface area contributed by atoms with E-state index in [0.717, 1.165) is 0 Å². The van der Waals surface area contributed by atoms with Gasteiger partial charge in [0.25, 0.3) is 0 Å². The lowest BCUT2D eigenvalue weighted by atomic mass is 10.0. The molecule has 0 spiro atoms. The second-order valence-corrected chi connectivity index (χ2v) is 6.01. The van der Waals surface area contributed by atoms with Gasteiger partial charge in [-0.15, -0.1) is 0 Å². The molecule has 0 aromatic carbocycles. The first-order valence-corrected chi connectivity index (χ1v) is 8.00. The zero-order valence-electron chi connectivity index (χ0n) is 14.6. The Morgan fingerprint density at radius 3 is 2.42 bits per heavy atom. The number of carbonyl (C=O) groups excluding carboxylic acids is 3. The fraction of sp³-hybridized carbons (Fsp3) is 0.533. The predicted molar refractivity (Wildman–Crippen MR) is 90.7 cm³/mol. The molecule has 1 aromatic heterocycles. The van der Waals surface area contributed by atoms with Crippen LogP contribution in [0.1, 0.15) is 19.5 Å². The van der Waals surface area contributed by atoms with Gasteiger partial charge in [0, 0.05) is 18.3 Å². The molecule has 0 radical (unpaired) electrons. The summed E-state index contributed by atoms with van der Waals surface area (Å²) in [6, 6.07) is -1.76. The molecule has 2 atom stereocenters. The number of aromatic amines is 1. The first-order valence-electron chi connectivity index (χ1n) is 8.00. The molecule has 2 unspecified atom stereocenters. The van der Waals surface area contributed by atoms with Crippen LogP contribution in [0.5, 0.6) is 0 Å². The number of carboxylic acid groups (broad SMARTS) is 1. The van der Waals surface area contributed by atoms with Crippen LogP contribution in [-0.2, 0) is 25.6 Å².